The Kier molecular flexibility index (Phi) is 5.78. The lowest BCUT2D eigenvalue weighted by Crippen LogP contribution is -2.28. The lowest BCUT2D eigenvalue weighted by molar-refractivity contribution is 0.0787. The molecule has 0 saturated heterocycles. The molecule has 128 valence electrons. The summed E-state index contributed by atoms with van der Waals surface area (Å²) >= 11 is 0. The molecule has 0 spiro atoms. The highest BCUT2D eigenvalue weighted by Gasteiger charge is 2.15. The summed E-state index contributed by atoms with van der Waals surface area (Å²) in [5, 5.41) is 2.60. The van der Waals surface area contributed by atoms with E-state index in [1.165, 1.54) is 18.3 Å². The van der Waals surface area contributed by atoms with Crippen molar-refractivity contribution in [2.24, 2.45) is 0 Å². The third kappa shape index (κ3) is 4.04. The normalized spacial score (nSPS) is 10.5. The average Bonchev–Trinajstić information content (AvgIpc) is 2.60. The Balaban J connectivity index is 2.10. The molecule has 1 aromatic heterocycles. The SMILES string of the molecule is CCCCN(C)C(=O)c1ccc(Nc2ccc(F)c(F)c2F)cn1. The van der Waals surface area contributed by atoms with E-state index >= 15 is 0 Å². The summed E-state index contributed by atoms with van der Waals surface area (Å²) in [4.78, 5) is 17.8. The summed E-state index contributed by atoms with van der Waals surface area (Å²) in [6.07, 6.45) is 3.21. The van der Waals surface area contributed by atoms with Crippen molar-refractivity contribution in [1.29, 1.82) is 0 Å². The number of nitrogens with one attached hydrogen (secondary N) is 1. The van der Waals surface area contributed by atoms with E-state index in [0.717, 1.165) is 25.0 Å². The smallest absolute Gasteiger partial charge is 0.272 e. The number of halogens is 3. The van der Waals surface area contributed by atoms with E-state index in [-0.39, 0.29) is 17.3 Å². The third-order valence-electron chi connectivity index (χ3n) is 3.49. The lowest BCUT2D eigenvalue weighted by atomic mass is 10.2. The van der Waals surface area contributed by atoms with Gasteiger partial charge in [-0.25, -0.2) is 18.2 Å². The second-order valence-corrected chi connectivity index (χ2v) is 5.36. The first kappa shape index (κ1) is 17.8. The van der Waals surface area contributed by atoms with Crippen LogP contribution in [0, 0.1) is 17.5 Å². The molecule has 1 N–H and O–H groups in total. The summed E-state index contributed by atoms with van der Waals surface area (Å²) in [6.45, 7) is 2.67. The van der Waals surface area contributed by atoms with Crippen LogP contribution in [0.4, 0.5) is 24.5 Å². The number of carbonyl (C=O) groups excluding carboxylic acids is 1. The first-order valence-corrected chi connectivity index (χ1v) is 7.56. The van der Waals surface area contributed by atoms with Crippen molar-refractivity contribution in [3.8, 4) is 0 Å². The fraction of sp³-hybridized carbons (Fsp3) is 0.294. The van der Waals surface area contributed by atoms with Gasteiger partial charge in [0, 0.05) is 13.6 Å². The molecule has 0 fully saturated rings. The number of hydrogen-bond acceptors (Lipinski definition) is 3. The number of benzene rings is 1. The van der Waals surface area contributed by atoms with E-state index < -0.39 is 17.5 Å². The van der Waals surface area contributed by atoms with Crippen molar-refractivity contribution >= 4 is 17.3 Å². The van der Waals surface area contributed by atoms with Gasteiger partial charge < -0.3 is 10.2 Å². The molecule has 0 unspecified atom stereocenters. The second-order valence-electron chi connectivity index (χ2n) is 5.36. The van der Waals surface area contributed by atoms with Gasteiger partial charge in [-0.3, -0.25) is 4.79 Å². The Morgan fingerprint density at radius 1 is 1.17 bits per heavy atom. The van der Waals surface area contributed by atoms with Gasteiger partial charge in [-0.05, 0) is 30.7 Å². The number of hydrogen-bond donors (Lipinski definition) is 1. The molecule has 24 heavy (non-hydrogen) atoms. The fourth-order valence-corrected chi connectivity index (χ4v) is 2.06. The number of rotatable bonds is 6. The van der Waals surface area contributed by atoms with Crippen LogP contribution in [0.1, 0.15) is 30.3 Å². The molecule has 1 amide bonds. The van der Waals surface area contributed by atoms with Crippen LogP contribution in [0.15, 0.2) is 30.5 Å². The molecular formula is C17H18F3N3O. The molecule has 0 radical (unpaired) electrons. The quantitative estimate of drug-likeness (QED) is 0.807. The Hall–Kier alpha value is -2.57. The molecule has 0 bridgehead atoms. The van der Waals surface area contributed by atoms with E-state index in [0.29, 0.717) is 12.2 Å². The van der Waals surface area contributed by atoms with Crippen molar-refractivity contribution in [3.63, 3.8) is 0 Å². The predicted molar refractivity (Wildman–Crippen MR) is 85.7 cm³/mol. The second kappa shape index (κ2) is 7.81. The molecule has 1 heterocycles. The first-order valence-electron chi connectivity index (χ1n) is 7.56. The van der Waals surface area contributed by atoms with E-state index in [9.17, 15) is 18.0 Å². The van der Waals surface area contributed by atoms with Gasteiger partial charge in [-0.1, -0.05) is 13.3 Å². The zero-order valence-electron chi connectivity index (χ0n) is 13.4. The predicted octanol–water partition coefficient (Wildman–Crippen LogP) is 4.11. The van der Waals surface area contributed by atoms with Gasteiger partial charge in [0.1, 0.15) is 5.69 Å². The molecule has 4 nitrogen and oxygen atoms in total. The largest absolute Gasteiger partial charge is 0.352 e. The van der Waals surface area contributed by atoms with E-state index in [4.69, 9.17) is 0 Å². The minimum Gasteiger partial charge on any atom is -0.352 e. The number of amides is 1. The van der Waals surface area contributed by atoms with Crippen LogP contribution < -0.4 is 5.32 Å². The van der Waals surface area contributed by atoms with Crippen LogP contribution in [0.3, 0.4) is 0 Å². The monoisotopic (exact) mass is 337 g/mol. The number of unbranched alkanes of at least 4 members (excludes halogenated alkanes) is 1. The molecular weight excluding hydrogens is 319 g/mol. The number of anilines is 2. The number of nitrogens with zero attached hydrogens (tertiary/aromatic N) is 2. The molecule has 0 aliphatic carbocycles. The van der Waals surface area contributed by atoms with E-state index in [1.807, 2.05) is 6.92 Å². The van der Waals surface area contributed by atoms with Gasteiger partial charge in [-0.2, -0.15) is 0 Å². The Bertz CT molecular complexity index is 720. The van der Waals surface area contributed by atoms with Gasteiger partial charge in [0.25, 0.3) is 5.91 Å². The highest BCUT2D eigenvalue weighted by Crippen LogP contribution is 2.23. The first-order chi connectivity index (χ1) is 11.4. The topological polar surface area (TPSA) is 45.2 Å². The molecule has 2 aromatic rings. The molecule has 0 saturated carbocycles. The summed E-state index contributed by atoms with van der Waals surface area (Å²) in [7, 11) is 1.70. The molecule has 2 rings (SSSR count). The van der Waals surface area contributed by atoms with Gasteiger partial charge in [0.05, 0.1) is 17.6 Å². The minimum atomic E-state index is -1.54. The summed E-state index contributed by atoms with van der Waals surface area (Å²) in [5.74, 6) is -4.33. The molecule has 0 aliphatic rings. The van der Waals surface area contributed by atoms with Crippen LogP contribution in [-0.4, -0.2) is 29.4 Å². The highest BCUT2D eigenvalue weighted by molar-refractivity contribution is 5.92. The summed E-state index contributed by atoms with van der Waals surface area (Å²) in [5.41, 5.74) is 0.396. The van der Waals surface area contributed by atoms with Crippen molar-refractivity contribution < 1.29 is 18.0 Å². The maximum Gasteiger partial charge on any atom is 0.272 e. The standard InChI is InChI=1S/C17H18F3N3O/c1-3-4-9-23(2)17(24)14-7-5-11(10-21-14)22-13-8-6-12(18)15(19)16(13)20/h5-8,10,22H,3-4,9H2,1-2H3. The van der Waals surface area contributed by atoms with Gasteiger partial charge in [0.2, 0.25) is 0 Å². The Morgan fingerprint density at radius 2 is 1.92 bits per heavy atom. The van der Waals surface area contributed by atoms with Crippen molar-refractivity contribution in [2.75, 3.05) is 18.9 Å². The van der Waals surface area contributed by atoms with E-state index in [2.05, 4.69) is 10.3 Å². The van der Waals surface area contributed by atoms with Crippen LogP contribution in [0.25, 0.3) is 0 Å². The van der Waals surface area contributed by atoms with Crippen LogP contribution in [0.5, 0.6) is 0 Å². The highest BCUT2D eigenvalue weighted by atomic mass is 19.2. The fourth-order valence-electron chi connectivity index (χ4n) is 2.06. The number of aromatic nitrogens is 1. The number of carbonyl (C=O) groups is 1. The Morgan fingerprint density at radius 3 is 2.54 bits per heavy atom. The summed E-state index contributed by atoms with van der Waals surface area (Å²) < 4.78 is 39.7. The summed E-state index contributed by atoms with van der Waals surface area (Å²) in [6, 6.07) is 4.93. The zero-order chi connectivity index (χ0) is 17.7. The average molecular weight is 337 g/mol. The minimum absolute atomic E-state index is 0.213. The molecule has 7 heteroatoms. The lowest BCUT2D eigenvalue weighted by Gasteiger charge is -2.16. The van der Waals surface area contributed by atoms with E-state index in [1.54, 1.807) is 11.9 Å². The maximum atomic E-state index is 13.6. The van der Waals surface area contributed by atoms with Gasteiger partial charge in [0.15, 0.2) is 17.5 Å². The molecule has 0 aliphatic heterocycles. The molecule has 1 aromatic carbocycles. The van der Waals surface area contributed by atoms with Crippen molar-refractivity contribution in [2.45, 2.75) is 19.8 Å². The molecule has 0 atom stereocenters. The van der Waals surface area contributed by atoms with Gasteiger partial charge >= 0.3 is 0 Å². The van der Waals surface area contributed by atoms with Crippen LogP contribution >= 0.6 is 0 Å². The Labute approximate surface area is 138 Å². The van der Waals surface area contributed by atoms with Crippen LogP contribution in [0.2, 0.25) is 0 Å². The third-order valence-corrected chi connectivity index (χ3v) is 3.49. The zero-order valence-corrected chi connectivity index (χ0v) is 13.4. The van der Waals surface area contributed by atoms with Crippen LogP contribution in [-0.2, 0) is 0 Å². The number of pyridine rings is 1. The van der Waals surface area contributed by atoms with Crippen molar-refractivity contribution in [3.05, 3.63) is 53.6 Å². The van der Waals surface area contributed by atoms with Crippen molar-refractivity contribution in [1.82, 2.24) is 9.88 Å². The maximum absolute atomic E-state index is 13.6. The van der Waals surface area contributed by atoms with Gasteiger partial charge in [-0.15, -0.1) is 0 Å².